The Bertz CT molecular complexity index is 759. The lowest BCUT2D eigenvalue weighted by Crippen LogP contribution is -2.35. The first kappa shape index (κ1) is 10.6. The third-order valence-electron chi connectivity index (χ3n) is 2.96. The van der Waals surface area contributed by atoms with Gasteiger partial charge in [-0.2, -0.15) is 9.83 Å². The number of rotatable bonds is 0. The van der Waals surface area contributed by atoms with Gasteiger partial charge in [0, 0.05) is 6.54 Å². The molecule has 18 heavy (non-hydrogen) atoms. The van der Waals surface area contributed by atoms with Gasteiger partial charge >= 0.3 is 5.69 Å². The predicted octanol–water partition coefficient (Wildman–Crippen LogP) is 0.248. The van der Waals surface area contributed by atoms with Gasteiger partial charge in [-0.3, -0.25) is 4.99 Å². The van der Waals surface area contributed by atoms with Gasteiger partial charge in [0.25, 0.3) is 0 Å². The first-order valence-corrected chi connectivity index (χ1v) is 5.65. The number of nitriles is 1. The maximum atomic E-state index is 12.2. The zero-order valence-electron chi connectivity index (χ0n) is 9.84. The summed E-state index contributed by atoms with van der Waals surface area (Å²) in [4.78, 5) is 16.4. The van der Waals surface area contributed by atoms with Crippen LogP contribution in [0, 0.1) is 18.4 Å². The maximum Gasteiger partial charge on any atom is 0.349 e. The van der Waals surface area contributed by atoms with Crippen LogP contribution in [0.2, 0.25) is 0 Å². The third-order valence-corrected chi connectivity index (χ3v) is 2.96. The minimum Gasteiger partial charge on any atom is -0.354 e. The van der Waals surface area contributed by atoms with Crippen LogP contribution in [0.4, 0.5) is 0 Å². The fourth-order valence-corrected chi connectivity index (χ4v) is 2.14. The van der Waals surface area contributed by atoms with E-state index in [1.54, 1.807) is 0 Å². The molecule has 0 spiro atoms. The Morgan fingerprint density at radius 2 is 2.28 bits per heavy atom. The second kappa shape index (κ2) is 3.74. The van der Waals surface area contributed by atoms with Gasteiger partial charge in [0.15, 0.2) is 6.19 Å². The van der Waals surface area contributed by atoms with Crippen molar-refractivity contribution in [3.05, 3.63) is 34.2 Å². The molecule has 0 saturated carbocycles. The van der Waals surface area contributed by atoms with Gasteiger partial charge in [-0.05, 0) is 24.6 Å². The van der Waals surface area contributed by atoms with Crippen molar-refractivity contribution in [3.63, 3.8) is 0 Å². The van der Waals surface area contributed by atoms with Crippen LogP contribution in [-0.4, -0.2) is 28.2 Å². The van der Waals surface area contributed by atoms with Crippen LogP contribution in [0.25, 0.3) is 11.0 Å². The van der Waals surface area contributed by atoms with Crippen LogP contribution in [0.5, 0.6) is 0 Å². The number of aryl methyl sites for hydroxylation is 1. The standard InChI is InChI=1S/C12H11N5O/c1-8-2-3-9-10(6-8)16(7-13)12(18)17(9)11-14-4-5-15-11/h2-3,6H,4-5H2,1H3,(H,14,15). The fourth-order valence-electron chi connectivity index (χ4n) is 2.14. The van der Waals surface area contributed by atoms with Crippen molar-refractivity contribution < 1.29 is 0 Å². The monoisotopic (exact) mass is 241 g/mol. The summed E-state index contributed by atoms with van der Waals surface area (Å²) in [5.41, 5.74) is 1.93. The quantitative estimate of drug-likeness (QED) is 0.718. The zero-order valence-corrected chi connectivity index (χ0v) is 9.84. The molecule has 0 aliphatic carbocycles. The normalized spacial score (nSPS) is 14.3. The lowest BCUT2D eigenvalue weighted by molar-refractivity contribution is 0.914. The summed E-state index contributed by atoms with van der Waals surface area (Å²) in [6.45, 7) is 3.29. The van der Waals surface area contributed by atoms with Gasteiger partial charge in [0.2, 0.25) is 5.96 Å². The lowest BCUT2D eigenvalue weighted by atomic mass is 10.2. The molecule has 0 unspecified atom stereocenters. The molecule has 90 valence electrons. The van der Waals surface area contributed by atoms with E-state index in [0.717, 1.165) is 10.1 Å². The smallest absolute Gasteiger partial charge is 0.349 e. The van der Waals surface area contributed by atoms with Crippen molar-refractivity contribution in [1.82, 2.24) is 14.5 Å². The Hall–Kier alpha value is -2.55. The SMILES string of the molecule is Cc1ccc2c(c1)n(C#N)c(=O)n2C1=NCCN1. The number of nitrogens with one attached hydrogen (secondary N) is 1. The Morgan fingerprint density at radius 1 is 1.44 bits per heavy atom. The molecule has 1 aromatic heterocycles. The van der Waals surface area contributed by atoms with Gasteiger partial charge < -0.3 is 5.32 Å². The molecule has 2 aromatic rings. The average Bonchev–Trinajstić information content (AvgIpc) is 2.94. The van der Waals surface area contributed by atoms with Crippen molar-refractivity contribution in [2.24, 2.45) is 4.99 Å². The largest absolute Gasteiger partial charge is 0.354 e. The van der Waals surface area contributed by atoms with Crippen molar-refractivity contribution in [2.45, 2.75) is 6.92 Å². The number of hydrogen-bond acceptors (Lipinski definition) is 4. The summed E-state index contributed by atoms with van der Waals surface area (Å²) < 4.78 is 2.54. The van der Waals surface area contributed by atoms with Gasteiger partial charge in [0.1, 0.15) is 0 Å². The summed E-state index contributed by atoms with van der Waals surface area (Å²) in [5.74, 6) is 0.517. The molecule has 0 saturated heterocycles. The molecule has 0 radical (unpaired) electrons. The molecule has 1 N–H and O–H groups in total. The Labute approximate surface area is 103 Å². The van der Waals surface area contributed by atoms with E-state index in [2.05, 4.69) is 10.3 Å². The highest BCUT2D eigenvalue weighted by atomic mass is 16.1. The minimum atomic E-state index is -0.383. The molecule has 0 amide bonds. The van der Waals surface area contributed by atoms with E-state index < -0.39 is 0 Å². The molecule has 6 heteroatoms. The second-order valence-electron chi connectivity index (χ2n) is 4.18. The highest BCUT2D eigenvalue weighted by molar-refractivity contribution is 5.93. The van der Waals surface area contributed by atoms with E-state index in [1.165, 1.54) is 4.57 Å². The van der Waals surface area contributed by atoms with E-state index in [1.807, 2.05) is 31.3 Å². The van der Waals surface area contributed by atoms with Crippen LogP contribution < -0.4 is 11.0 Å². The van der Waals surface area contributed by atoms with E-state index in [0.29, 0.717) is 30.1 Å². The first-order chi connectivity index (χ1) is 8.72. The van der Waals surface area contributed by atoms with E-state index in [4.69, 9.17) is 5.26 Å². The van der Waals surface area contributed by atoms with Crippen LogP contribution >= 0.6 is 0 Å². The van der Waals surface area contributed by atoms with E-state index in [-0.39, 0.29) is 5.69 Å². The fraction of sp³-hybridized carbons (Fsp3) is 0.250. The van der Waals surface area contributed by atoms with Crippen molar-refractivity contribution in [3.8, 4) is 6.19 Å². The molecule has 1 aromatic carbocycles. The van der Waals surface area contributed by atoms with Gasteiger partial charge in [-0.1, -0.05) is 6.07 Å². The zero-order chi connectivity index (χ0) is 12.7. The molecule has 2 heterocycles. The molecule has 6 nitrogen and oxygen atoms in total. The maximum absolute atomic E-state index is 12.2. The Morgan fingerprint density at radius 3 is 2.94 bits per heavy atom. The van der Waals surface area contributed by atoms with Crippen LogP contribution in [-0.2, 0) is 0 Å². The van der Waals surface area contributed by atoms with Crippen molar-refractivity contribution in [1.29, 1.82) is 5.26 Å². The third kappa shape index (κ3) is 1.34. The number of nitrogens with zero attached hydrogens (tertiary/aromatic N) is 4. The van der Waals surface area contributed by atoms with Crippen molar-refractivity contribution >= 4 is 17.0 Å². The number of aromatic nitrogens is 2. The molecule has 3 rings (SSSR count). The summed E-state index contributed by atoms with van der Waals surface area (Å²) in [5, 5.41) is 12.2. The summed E-state index contributed by atoms with van der Waals surface area (Å²) in [7, 11) is 0. The van der Waals surface area contributed by atoms with Crippen LogP contribution in [0.3, 0.4) is 0 Å². The lowest BCUT2D eigenvalue weighted by Gasteiger charge is -2.02. The van der Waals surface area contributed by atoms with Crippen LogP contribution in [0.1, 0.15) is 5.56 Å². The van der Waals surface area contributed by atoms with E-state index in [9.17, 15) is 4.79 Å². The average molecular weight is 241 g/mol. The summed E-state index contributed by atoms with van der Waals surface area (Å²) in [6, 6.07) is 5.57. The van der Waals surface area contributed by atoms with Gasteiger partial charge in [-0.25, -0.2) is 9.36 Å². The minimum absolute atomic E-state index is 0.383. The van der Waals surface area contributed by atoms with E-state index >= 15 is 0 Å². The molecule has 0 fully saturated rings. The first-order valence-electron chi connectivity index (χ1n) is 5.65. The number of hydrogen-bond donors (Lipinski definition) is 1. The molecule has 0 atom stereocenters. The van der Waals surface area contributed by atoms with Crippen molar-refractivity contribution in [2.75, 3.05) is 13.1 Å². The Balaban J connectivity index is 2.42. The molecular formula is C12H11N5O. The highest BCUT2D eigenvalue weighted by Crippen LogP contribution is 2.14. The highest BCUT2D eigenvalue weighted by Gasteiger charge is 2.18. The summed E-state index contributed by atoms with van der Waals surface area (Å²) >= 11 is 0. The number of benzene rings is 1. The molecule has 1 aliphatic heterocycles. The number of fused-ring (bicyclic) bond motifs is 1. The predicted molar refractivity (Wildman–Crippen MR) is 67.6 cm³/mol. The molecular weight excluding hydrogens is 230 g/mol. The summed E-state index contributed by atoms with van der Waals surface area (Å²) in [6.07, 6.45) is 1.91. The topological polar surface area (TPSA) is 75.1 Å². The Kier molecular flexibility index (Phi) is 2.20. The number of aliphatic imine (C=N–C) groups is 1. The second-order valence-corrected chi connectivity index (χ2v) is 4.18. The van der Waals surface area contributed by atoms with Crippen LogP contribution in [0.15, 0.2) is 28.0 Å². The number of imidazole rings is 1. The van der Waals surface area contributed by atoms with Gasteiger partial charge in [0.05, 0.1) is 17.6 Å². The van der Waals surface area contributed by atoms with Gasteiger partial charge in [-0.15, -0.1) is 0 Å². The molecule has 1 aliphatic rings. The molecule has 0 bridgehead atoms.